The molecule has 2 aliphatic heterocycles. The van der Waals surface area contributed by atoms with Crippen LogP contribution < -0.4 is 15.8 Å². The van der Waals surface area contributed by atoms with E-state index in [1.807, 2.05) is 26.0 Å². The minimum absolute atomic E-state index is 0.0508. The molecule has 0 radical (unpaired) electrons. The third-order valence-electron chi connectivity index (χ3n) is 6.41. The van der Waals surface area contributed by atoms with Crippen molar-refractivity contribution in [2.75, 3.05) is 19.5 Å². The number of nitriles is 1. The molecule has 1 fully saturated rings. The van der Waals surface area contributed by atoms with Gasteiger partial charge in [0.15, 0.2) is 0 Å². The van der Waals surface area contributed by atoms with Gasteiger partial charge in [0.25, 0.3) is 5.91 Å². The van der Waals surface area contributed by atoms with Gasteiger partial charge in [-0.15, -0.1) is 0 Å². The first-order chi connectivity index (χ1) is 17.7. The van der Waals surface area contributed by atoms with Crippen molar-refractivity contribution in [2.24, 2.45) is 5.73 Å². The molecule has 9 nitrogen and oxygen atoms in total. The van der Waals surface area contributed by atoms with Gasteiger partial charge in [0.2, 0.25) is 5.91 Å². The van der Waals surface area contributed by atoms with E-state index in [4.69, 9.17) is 15.2 Å². The second-order valence-electron chi connectivity index (χ2n) is 8.65. The van der Waals surface area contributed by atoms with Crippen LogP contribution in [0.2, 0.25) is 0 Å². The number of nitrogens with one attached hydrogen (secondary N) is 1. The lowest BCUT2D eigenvalue weighted by Crippen LogP contribution is -2.39. The normalized spacial score (nSPS) is 18.9. The number of nitrogens with zero attached hydrogens (tertiary/aromatic N) is 2. The molecule has 190 valence electrons. The van der Waals surface area contributed by atoms with Gasteiger partial charge in [-0.3, -0.25) is 19.3 Å². The van der Waals surface area contributed by atoms with Crippen LogP contribution in [0.5, 0.6) is 5.75 Å². The van der Waals surface area contributed by atoms with E-state index in [9.17, 15) is 19.6 Å². The third kappa shape index (κ3) is 4.78. The van der Waals surface area contributed by atoms with Crippen LogP contribution in [0.15, 0.2) is 64.5 Å². The topological polar surface area (TPSA) is 135 Å². The first-order valence-corrected chi connectivity index (χ1v) is 12.3. The maximum Gasteiger partial charge on any atom is 0.307 e. The molecule has 0 saturated carbocycles. The number of rotatable bonds is 6. The fraction of sp³-hybridized carbons (Fsp3) is 0.259. The summed E-state index contributed by atoms with van der Waals surface area (Å²) in [5.41, 5.74) is 9.84. The molecule has 0 bridgehead atoms. The van der Waals surface area contributed by atoms with Gasteiger partial charge in [0, 0.05) is 5.69 Å². The summed E-state index contributed by atoms with van der Waals surface area (Å²) in [5, 5.41) is 12.5. The number of amides is 2. The number of hydrogen-bond donors (Lipinski definition) is 2. The Morgan fingerprint density at radius 3 is 2.57 bits per heavy atom. The van der Waals surface area contributed by atoms with Crippen molar-refractivity contribution in [3.8, 4) is 11.8 Å². The van der Waals surface area contributed by atoms with Crippen molar-refractivity contribution >= 4 is 35.2 Å². The minimum Gasteiger partial charge on any atom is -0.497 e. The number of nitrogens with two attached hydrogens (primary N) is 1. The fourth-order valence-corrected chi connectivity index (χ4v) is 5.64. The number of thioether (sulfide) groups is 1. The predicted octanol–water partition coefficient (Wildman–Crippen LogP) is 3.46. The van der Waals surface area contributed by atoms with E-state index in [2.05, 4.69) is 11.4 Å². The van der Waals surface area contributed by atoms with Crippen LogP contribution in [0.25, 0.3) is 0 Å². The zero-order valence-corrected chi connectivity index (χ0v) is 21.6. The van der Waals surface area contributed by atoms with Crippen molar-refractivity contribution in [2.45, 2.75) is 31.4 Å². The van der Waals surface area contributed by atoms with Crippen LogP contribution in [-0.4, -0.2) is 42.2 Å². The van der Waals surface area contributed by atoms with E-state index in [1.54, 1.807) is 30.3 Å². The number of ether oxygens (including phenoxy) is 2. The van der Waals surface area contributed by atoms with Crippen LogP contribution >= 0.6 is 11.8 Å². The van der Waals surface area contributed by atoms with Crippen molar-refractivity contribution in [3.05, 3.63) is 81.2 Å². The number of hydrogen-bond acceptors (Lipinski definition) is 8. The maximum absolute atomic E-state index is 13.9. The number of benzene rings is 2. The number of aryl methyl sites for hydroxylation is 2. The lowest BCUT2D eigenvalue weighted by atomic mass is 9.82. The minimum atomic E-state index is -0.866. The number of fused-ring (bicyclic) bond motifs is 1. The van der Waals surface area contributed by atoms with E-state index in [0.29, 0.717) is 17.0 Å². The molecule has 2 heterocycles. The molecule has 2 aromatic carbocycles. The van der Waals surface area contributed by atoms with E-state index in [1.165, 1.54) is 19.1 Å². The second-order valence-corrected chi connectivity index (χ2v) is 9.84. The van der Waals surface area contributed by atoms with Crippen LogP contribution in [0.4, 0.5) is 5.69 Å². The van der Waals surface area contributed by atoms with Gasteiger partial charge in [0.1, 0.15) is 16.8 Å². The summed E-state index contributed by atoms with van der Waals surface area (Å²) in [4.78, 5) is 40.3. The Balaban J connectivity index is 1.89. The summed E-state index contributed by atoms with van der Waals surface area (Å²) in [6.07, 6.45) is -0.203. The SMILES string of the molecule is COC(=O)C[C@H]1SC2=C(C(=O)Nc3ccc(C)c(C)c3)[C@@H](c3cccc(OC)c3)C(C#N)=C(N)N2C1=O. The molecule has 0 aromatic heterocycles. The molecule has 10 heteroatoms. The molecule has 2 atom stereocenters. The molecule has 0 aliphatic carbocycles. The molecule has 3 N–H and O–H groups in total. The summed E-state index contributed by atoms with van der Waals surface area (Å²) in [5.74, 6) is -1.95. The first-order valence-electron chi connectivity index (χ1n) is 11.4. The molecule has 0 spiro atoms. The number of carbonyl (C=O) groups excluding carboxylic acids is 3. The second kappa shape index (κ2) is 10.4. The molecule has 37 heavy (non-hydrogen) atoms. The average molecular weight is 519 g/mol. The highest BCUT2D eigenvalue weighted by Gasteiger charge is 2.48. The number of anilines is 1. The monoisotopic (exact) mass is 518 g/mol. The quantitative estimate of drug-likeness (QED) is 0.555. The van der Waals surface area contributed by atoms with Gasteiger partial charge in [-0.25, -0.2) is 0 Å². The number of allylic oxidation sites excluding steroid dienone is 1. The predicted molar refractivity (Wildman–Crippen MR) is 139 cm³/mol. The zero-order chi connectivity index (χ0) is 26.9. The van der Waals surface area contributed by atoms with Gasteiger partial charge in [-0.1, -0.05) is 30.0 Å². The lowest BCUT2D eigenvalue weighted by molar-refractivity contribution is -0.142. The van der Waals surface area contributed by atoms with Gasteiger partial charge >= 0.3 is 5.97 Å². The van der Waals surface area contributed by atoms with Gasteiger partial charge in [-0.2, -0.15) is 5.26 Å². The molecule has 2 aromatic rings. The zero-order valence-electron chi connectivity index (χ0n) is 20.8. The lowest BCUT2D eigenvalue weighted by Gasteiger charge is -2.32. The van der Waals surface area contributed by atoms with Crippen molar-refractivity contribution in [3.63, 3.8) is 0 Å². The van der Waals surface area contributed by atoms with E-state index >= 15 is 0 Å². The molecule has 2 aliphatic rings. The van der Waals surface area contributed by atoms with Crippen LogP contribution in [0.3, 0.4) is 0 Å². The Hall–Kier alpha value is -4.23. The van der Waals surface area contributed by atoms with Gasteiger partial charge in [-0.05, 0) is 54.8 Å². The Morgan fingerprint density at radius 2 is 1.92 bits per heavy atom. The highest BCUT2D eigenvalue weighted by Crippen LogP contribution is 2.50. The van der Waals surface area contributed by atoms with Crippen LogP contribution in [0.1, 0.15) is 29.0 Å². The average Bonchev–Trinajstić information content (AvgIpc) is 3.21. The standard InChI is InChI=1S/C27H26N4O5S/c1-14-8-9-17(10-15(14)2)30-25(33)23-22(16-6-5-7-18(11-16)35-3)19(13-28)24(29)31-26(34)20(37-27(23)31)12-21(32)36-4/h5-11,20,22H,12,29H2,1-4H3,(H,30,33)/t20-,22+/m1/s1. The number of methoxy groups -OCH3 is 2. The van der Waals surface area contributed by atoms with E-state index < -0.39 is 29.0 Å². The maximum atomic E-state index is 13.9. The van der Waals surface area contributed by atoms with Crippen LogP contribution in [0, 0.1) is 25.2 Å². The van der Waals surface area contributed by atoms with Crippen molar-refractivity contribution in [1.29, 1.82) is 5.26 Å². The molecular formula is C27H26N4O5S. The van der Waals surface area contributed by atoms with Gasteiger partial charge < -0.3 is 20.5 Å². The molecular weight excluding hydrogens is 492 g/mol. The number of esters is 1. The Bertz CT molecular complexity index is 1410. The smallest absolute Gasteiger partial charge is 0.307 e. The fourth-order valence-electron chi connectivity index (χ4n) is 4.32. The molecule has 1 saturated heterocycles. The third-order valence-corrected chi connectivity index (χ3v) is 7.69. The summed E-state index contributed by atoms with van der Waals surface area (Å²) in [7, 11) is 2.76. The molecule has 0 unspecified atom stereocenters. The summed E-state index contributed by atoms with van der Waals surface area (Å²) in [6.45, 7) is 3.91. The Kier molecular flexibility index (Phi) is 7.27. The number of carbonyl (C=O) groups is 3. The highest BCUT2D eigenvalue weighted by molar-refractivity contribution is 8.04. The van der Waals surface area contributed by atoms with E-state index in [-0.39, 0.29) is 28.4 Å². The van der Waals surface area contributed by atoms with E-state index in [0.717, 1.165) is 22.9 Å². The summed E-state index contributed by atoms with van der Waals surface area (Å²) >= 11 is 1.06. The Morgan fingerprint density at radius 1 is 1.16 bits per heavy atom. The highest BCUT2D eigenvalue weighted by atomic mass is 32.2. The van der Waals surface area contributed by atoms with Gasteiger partial charge in [0.05, 0.1) is 48.8 Å². The van der Waals surface area contributed by atoms with Crippen molar-refractivity contribution < 1.29 is 23.9 Å². The molecule has 2 amide bonds. The first kappa shape index (κ1) is 25.9. The van der Waals surface area contributed by atoms with Crippen LogP contribution in [-0.2, 0) is 19.1 Å². The summed E-state index contributed by atoms with van der Waals surface area (Å²) < 4.78 is 10.1. The largest absolute Gasteiger partial charge is 0.497 e. The summed E-state index contributed by atoms with van der Waals surface area (Å²) in [6, 6.07) is 14.6. The van der Waals surface area contributed by atoms with Crippen molar-refractivity contribution in [1.82, 2.24) is 4.90 Å². The molecule has 4 rings (SSSR count). The Labute approximate surface area is 218 Å².